The van der Waals surface area contributed by atoms with Crippen LogP contribution in [0.4, 0.5) is 0 Å². The molecule has 1 aromatic heterocycles. The minimum absolute atomic E-state index is 0.0519. The topological polar surface area (TPSA) is 56.5 Å². The lowest BCUT2D eigenvalue weighted by Gasteiger charge is -2.16. The van der Waals surface area contributed by atoms with Crippen molar-refractivity contribution in [2.24, 2.45) is 5.10 Å². The Morgan fingerprint density at radius 2 is 2.03 bits per heavy atom. The Kier molecular flexibility index (Phi) is 8.30. The molecule has 1 heterocycles. The summed E-state index contributed by atoms with van der Waals surface area (Å²) in [5.74, 6) is 1.24. The van der Waals surface area contributed by atoms with Crippen molar-refractivity contribution >= 4 is 60.6 Å². The molecule has 0 radical (unpaired) electrons. The molecule has 2 aromatic carbocycles. The van der Waals surface area contributed by atoms with Crippen LogP contribution >= 0.6 is 43.5 Å². The minimum atomic E-state index is -0.199. The largest absolute Gasteiger partial charge is 0.488 e. The molecule has 164 valence electrons. The number of fused-ring (bicyclic) bond motifs is 1. The number of nitrogens with zero attached hydrogens (tertiary/aromatic N) is 3. The van der Waals surface area contributed by atoms with E-state index >= 15 is 0 Å². The van der Waals surface area contributed by atoms with Crippen LogP contribution in [0, 0.1) is 0 Å². The molecule has 0 aliphatic heterocycles. The van der Waals surface area contributed by atoms with Gasteiger partial charge in [0.1, 0.15) is 5.82 Å². The van der Waals surface area contributed by atoms with E-state index in [0.717, 1.165) is 33.8 Å². The van der Waals surface area contributed by atoms with Gasteiger partial charge in [0.25, 0.3) is 5.56 Å². The molecule has 0 unspecified atom stereocenters. The number of ether oxygens (including phenoxy) is 1. The molecule has 0 fully saturated rings. The van der Waals surface area contributed by atoms with Gasteiger partial charge in [0, 0.05) is 10.9 Å². The Balaban J connectivity index is 2.03. The van der Waals surface area contributed by atoms with Crippen LogP contribution in [0.15, 0.2) is 49.2 Å². The van der Waals surface area contributed by atoms with E-state index in [9.17, 15) is 4.79 Å². The van der Waals surface area contributed by atoms with Crippen LogP contribution in [0.5, 0.6) is 5.75 Å². The molecule has 3 rings (SSSR count). The summed E-state index contributed by atoms with van der Waals surface area (Å²) in [7, 11) is 0. The number of aromatic nitrogens is 2. The maximum Gasteiger partial charge on any atom is 0.282 e. The fourth-order valence-electron chi connectivity index (χ4n) is 2.99. The molecule has 0 saturated heterocycles. The molecule has 5 nitrogen and oxygen atoms in total. The molecule has 0 N–H and O–H groups in total. The van der Waals surface area contributed by atoms with E-state index in [4.69, 9.17) is 21.3 Å². The highest BCUT2D eigenvalue weighted by Crippen LogP contribution is 2.35. The van der Waals surface area contributed by atoms with Crippen molar-refractivity contribution in [2.75, 3.05) is 0 Å². The molecule has 0 bridgehead atoms. The van der Waals surface area contributed by atoms with Crippen molar-refractivity contribution in [1.29, 1.82) is 0 Å². The molecular weight excluding hydrogens is 546 g/mol. The maximum atomic E-state index is 13.2. The molecule has 0 saturated carbocycles. The van der Waals surface area contributed by atoms with Crippen LogP contribution in [-0.4, -0.2) is 22.0 Å². The highest BCUT2D eigenvalue weighted by molar-refractivity contribution is 9.10. The lowest BCUT2D eigenvalue weighted by Crippen LogP contribution is -2.22. The first-order valence-electron chi connectivity index (χ1n) is 10.2. The zero-order valence-electron chi connectivity index (χ0n) is 17.7. The monoisotopic (exact) mass is 567 g/mol. The minimum Gasteiger partial charge on any atom is -0.488 e. The van der Waals surface area contributed by atoms with Gasteiger partial charge in [0.2, 0.25) is 0 Å². The summed E-state index contributed by atoms with van der Waals surface area (Å²) >= 11 is 13.4. The van der Waals surface area contributed by atoms with Crippen molar-refractivity contribution in [2.45, 2.75) is 52.6 Å². The van der Waals surface area contributed by atoms with Gasteiger partial charge >= 0.3 is 0 Å². The van der Waals surface area contributed by atoms with Crippen molar-refractivity contribution in [3.63, 3.8) is 0 Å². The molecule has 0 aliphatic carbocycles. The Hall–Kier alpha value is -1.70. The Morgan fingerprint density at radius 1 is 1.26 bits per heavy atom. The Morgan fingerprint density at radius 3 is 2.71 bits per heavy atom. The van der Waals surface area contributed by atoms with Gasteiger partial charge in [-0.15, -0.1) is 0 Å². The first-order valence-corrected chi connectivity index (χ1v) is 12.2. The third-order valence-corrected chi connectivity index (χ3v) is 6.23. The van der Waals surface area contributed by atoms with E-state index in [0.29, 0.717) is 33.9 Å². The summed E-state index contributed by atoms with van der Waals surface area (Å²) in [6.45, 7) is 6.15. The van der Waals surface area contributed by atoms with Gasteiger partial charge in [-0.3, -0.25) is 4.79 Å². The van der Waals surface area contributed by atoms with Gasteiger partial charge in [-0.25, -0.2) is 4.98 Å². The second-order valence-corrected chi connectivity index (χ2v) is 9.48. The lowest BCUT2D eigenvalue weighted by molar-refractivity contribution is 0.216. The van der Waals surface area contributed by atoms with Crippen molar-refractivity contribution in [1.82, 2.24) is 9.66 Å². The van der Waals surface area contributed by atoms with Crippen LogP contribution in [0.25, 0.3) is 10.9 Å². The van der Waals surface area contributed by atoms with E-state index in [1.807, 2.05) is 25.1 Å². The molecular formula is C23H24Br2ClN3O2. The van der Waals surface area contributed by atoms with Crippen LogP contribution < -0.4 is 10.3 Å². The summed E-state index contributed by atoms with van der Waals surface area (Å²) in [5.41, 5.74) is 1.22. The van der Waals surface area contributed by atoms with Crippen LogP contribution in [0.2, 0.25) is 5.02 Å². The zero-order valence-corrected chi connectivity index (χ0v) is 21.6. The average Bonchev–Trinajstić information content (AvgIpc) is 2.74. The molecule has 0 spiro atoms. The van der Waals surface area contributed by atoms with E-state index < -0.39 is 0 Å². The smallest absolute Gasteiger partial charge is 0.282 e. The van der Waals surface area contributed by atoms with Crippen LogP contribution in [0.3, 0.4) is 0 Å². The molecule has 3 aromatic rings. The third kappa shape index (κ3) is 5.76. The fraction of sp³-hybridized carbons (Fsp3) is 0.348. The molecule has 1 atom stereocenters. The Labute approximate surface area is 203 Å². The predicted octanol–water partition coefficient (Wildman–Crippen LogP) is 6.98. The highest BCUT2D eigenvalue weighted by atomic mass is 79.9. The average molecular weight is 570 g/mol. The lowest BCUT2D eigenvalue weighted by atomic mass is 10.2. The first kappa shape index (κ1) is 24.0. The van der Waals surface area contributed by atoms with Gasteiger partial charge < -0.3 is 4.74 Å². The molecule has 8 heteroatoms. The van der Waals surface area contributed by atoms with Crippen molar-refractivity contribution in [3.8, 4) is 5.75 Å². The summed E-state index contributed by atoms with van der Waals surface area (Å²) in [6.07, 6.45) is 5.13. The number of hydrogen-bond acceptors (Lipinski definition) is 4. The number of aryl methyl sites for hydroxylation is 1. The van der Waals surface area contributed by atoms with Crippen molar-refractivity contribution < 1.29 is 4.74 Å². The Bertz CT molecular complexity index is 1150. The van der Waals surface area contributed by atoms with Gasteiger partial charge in [-0.1, -0.05) is 47.8 Å². The van der Waals surface area contributed by atoms with E-state index in [1.165, 1.54) is 4.68 Å². The molecule has 0 aliphatic rings. The third-order valence-electron chi connectivity index (χ3n) is 4.87. The first-order chi connectivity index (χ1) is 14.8. The number of halogens is 3. The van der Waals surface area contributed by atoms with Crippen LogP contribution in [-0.2, 0) is 6.42 Å². The second-order valence-electron chi connectivity index (χ2n) is 7.30. The quantitative estimate of drug-likeness (QED) is 0.275. The van der Waals surface area contributed by atoms with Gasteiger partial charge in [0.05, 0.1) is 32.7 Å². The summed E-state index contributed by atoms with van der Waals surface area (Å²) in [5, 5.41) is 5.48. The number of unbranched alkanes of at least 4 members (excludes halogenated alkanes) is 1. The zero-order chi connectivity index (χ0) is 22.5. The summed E-state index contributed by atoms with van der Waals surface area (Å²) < 4.78 is 8.84. The van der Waals surface area contributed by atoms with Gasteiger partial charge in [-0.05, 0) is 71.6 Å². The predicted molar refractivity (Wildman–Crippen MR) is 135 cm³/mol. The molecule has 0 amide bonds. The summed E-state index contributed by atoms with van der Waals surface area (Å²) in [6, 6.07) is 9.14. The molecule has 31 heavy (non-hydrogen) atoms. The van der Waals surface area contributed by atoms with E-state index in [2.05, 4.69) is 50.8 Å². The fourth-order valence-corrected chi connectivity index (χ4v) is 4.31. The van der Waals surface area contributed by atoms with Gasteiger partial charge in [-0.2, -0.15) is 9.78 Å². The second kappa shape index (κ2) is 10.7. The number of rotatable bonds is 8. The van der Waals surface area contributed by atoms with E-state index in [-0.39, 0.29) is 11.7 Å². The standard InChI is InChI=1S/C23H24Br2ClN3O2/c1-4-6-7-21-28-20-9-8-16(24)12-17(20)23(30)29(21)27-13-15-10-18(25)22(19(26)11-15)31-14(3)5-2/h8-14H,4-7H2,1-3H3/t14-/m0/s1. The van der Waals surface area contributed by atoms with Gasteiger partial charge in [0.15, 0.2) is 5.75 Å². The SMILES string of the molecule is CCCCc1nc2ccc(Br)cc2c(=O)n1N=Cc1cc(Cl)c(O[C@@H](C)CC)c(Br)c1. The number of hydrogen-bond donors (Lipinski definition) is 0. The normalized spacial score (nSPS) is 12.6. The van der Waals surface area contributed by atoms with E-state index in [1.54, 1.807) is 18.3 Å². The highest BCUT2D eigenvalue weighted by Gasteiger charge is 2.13. The maximum absolute atomic E-state index is 13.2. The van der Waals surface area contributed by atoms with Crippen LogP contribution in [0.1, 0.15) is 51.4 Å². The summed E-state index contributed by atoms with van der Waals surface area (Å²) in [4.78, 5) is 17.9. The number of benzene rings is 2. The van der Waals surface area contributed by atoms with Crippen molar-refractivity contribution in [3.05, 3.63) is 66.0 Å².